The van der Waals surface area contributed by atoms with E-state index in [1.807, 2.05) is 0 Å². The Morgan fingerprint density at radius 1 is 1.32 bits per heavy atom. The van der Waals surface area contributed by atoms with Crippen molar-refractivity contribution in [2.75, 3.05) is 32.8 Å². The van der Waals surface area contributed by atoms with E-state index in [1.54, 1.807) is 0 Å². The minimum absolute atomic E-state index is 0.0683. The van der Waals surface area contributed by atoms with E-state index in [1.165, 1.54) is 12.8 Å². The zero-order valence-electron chi connectivity index (χ0n) is 12.0. The van der Waals surface area contributed by atoms with E-state index < -0.39 is 0 Å². The summed E-state index contributed by atoms with van der Waals surface area (Å²) in [6.45, 7) is 6.91. The van der Waals surface area contributed by atoms with Crippen LogP contribution in [0.1, 0.15) is 39.0 Å². The Morgan fingerprint density at radius 3 is 2.84 bits per heavy atom. The molecule has 1 amide bonds. The highest BCUT2D eigenvalue weighted by Gasteiger charge is 2.42. The molecule has 0 saturated carbocycles. The number of nitrogens with zero attached hydrogens (tertiary/aromatic N) is 1. The summed E-state index contributed by atoms with van der Waals surface area (Å²) in [5.74, 6) is 1.02. The Hall–Kier alpha value is -0.610. The summed E-state index contributed by atoms with van der Waals surface area (Å²) in [5.41, 5.74) is 0.369. The molecule has 2 unspecified atom stereocenters. The van der Waals surface area contributed by atoms with Crippen LogP contribution in [0, 0.1) is 11.3 Å². The second-order valence-electron chi connectivity index (χ2n) is 6.76. The maximum absolute atomic E-state index is 12.6. The molecule has 0 aromatic rings. The van der Waals surface area contributed by atoms with Crippen molar-refractivity contribution in [3.8, 4) is 0 Å². The normalized spacial score (nSPS) is 34.7. The second-order valence-corrected chi connectivity index (χ2v) is 6.76. The average Bonchev–Trinajstić information content (AvgIpc) is 2.82. The molecule has 1 N–H and O–H groups in total. The molecule has 3 fully saturated rings. The summed E-state index contributed by atoms with van der Waals surface area (Å²) < 4.78 is 5.47. The van der Waals surface area contributed by atoms with Crippen molar-refractivity contribution in [3.63, 3.8) is 0 Å². The minimum Gasteiger partial charge on any atom is -0.381 e. The molecule has 0 aliphatic carbocycles. The third kappa shape index (κ3) is 2.79. The fraction of sp³-hybridized carbons (Fsp3) is 0.933. The van der Waals surface area contributed by atoms with E-state index in [0.29, 0.717) is 17.2 Å². The molecule has 4 nitrogen and oxygen atoms in total. The Bertz CT molecular complexity index is 339. The lowest BCUT2D eigenvalue weighted by Gasteiger charge is -2.34. The van der Waals surface area contributed by atoms with Gasteiger partial charge >= 0.3 is 0 Å². The van der Waals surface area contributed by atoms with E-state index in [4.69, 9.17) is 4.74 Å². The maximum Gasteiger partial charge on any atom is 0.239 e. The summed E-state index contributed by atoms with van der Waals surface area (Å²) in [5, 5.41) is 3.40. The fourth-order valence-electron chi connectivity index (χ4n) is 3.85. The lowest BCUT2D eigenvalue weighted by Crippen LogP contribution is -2.50. The van der Waals surface area contributed by atoms with Crippen molar-refractivity contribution in [3.05, 3.63) is 0 Å². The first-order valence-corrected chi connectivity index (χ1v) is 7.78. The molecule has 19 heavy (non-hydrogen) atoms. The van der Waals surface area contributed by atoms with Crippen LogP contribution in [-0.4, -0.2) is 49.7 Å². The molecule has 3 aliphatic heterocycles. The minimum atomic E-state index is 0.0683. The van der Waals surface area contributed by atoms with Gasteiger partial charge in [-0.05, 0) is 50.0 Å². The quantitative estimate of drug-likeness (QED) is 0.780. The van der Waals surface area contributed by atoms with Crippen LogP contribution < -0.4 is 5.32 Å². The number of piperidine rings is 1. The average molecular weight is 266 g/mol. The van der Waals surface area contributed by atoms with Crippen LogP contribution in [0.2, 0.25) is 0 Å². The maximum atomic E-state index is 12.6. The summed E-state index contributed by atoms with van der Waals surface area (Å²) in [6.07, 6.45) is 5.64. The molecule has 0 aromatic carbocycles. The van der Waals surface area contributed by atoms with Gasteiger partial charge in [0, 0.05) is 26.3 Å². The number of likely N-dealkylation sites (tertiary alicyclic amines) is 1. The molecule has 3 aliphatic rings. The van der Waals surface area contributed by atoms with Crippen molar-refractivity contribution in [2.45, 2.75) is 45.1 Å². The molecule has 2 atom stereocenters. The first-order valence-electron chi connectivity index (χ1n) is 7.78. The van der Waals surface area contributed by atoms with Crippen LogP contribution in [-0.2, 0) is 9.53 Å². The lowest BCUT2D eigenvalue weighted by atomic mass is 9.80. The zero-order valence-corrected chi connectivity index (χ0v) is 12.0. The third-order valence-electron chi connectivity index (χ3n) is 5.27. The SMILES string of the molecule is CC1CCNC(C(=O)N2CCC3(CCOCC3)C2)C1. The largest absolute Gasteiger partial charge is 0.381 e. The molecule has 0 radical (unpaired) electrons. The predicted octanol–water partition coefficient (Wildman–Crippen LogP) is 1.40. The Kier molecular flexibility index (Phi) is 3.81. The molecule has 3 heterocycles. The summed E-state index contributed by atoms with van der Waals surface area (Å²) in [4.78, 5) is 14.7. The Balaban J connectivity index is 1.59. The lowest BCUT2D eigenvalue weighted by molar-refractivity contribution is -0.134. The predicted molar refractivity (Wildman–Crippen MR) is 73.9 cm³/mol. The van der Waals surface area contributed by atoms with E-state index in [-0.39, 0.29) is 6.04 Å². The zero-order chi connectivity index (χ0) is 13.3. The van der Waals surface area contributed by atoms with Gasteiger partial charge in [0.15, 0.2) is 0 Å². The summed E-state index contributed by atoms with van der Waals surface area (Å²) in [7, 11) is 0. The van der Waals surface area contributed by atoms with Crippen LogP contribution >= 0.6 is 0 Å². The van der Waals surface area contributed by atoms with Crippen molar-refractivity contribution >= 4 is 5.91 Å². The van der Waals surface area contributed by atoms with Crippen molar-refractivity contribution in [2.24, 2.45) is 11.3 Å². The highest BCUT2D eigenvalue weighted by atomic mass is 16.5. The van der Waals surface area contributed by atoms with Crippen LogP contribution in [0.4, 0.5) is 0 Å². The molecule has 4 heteroatoms. The number of amides is 1. The number of nitrogens with one attached hydrogen (secondary N) is 1. The highest BCUT2D eigenvalue weighted by Crippen LogP contribution is 2.40. The van der Waals surface area contributed by atoms with Gasteiger partial charge in [-0.25, -0.2) is 0 Å². The van der Waals surface area contributed by atoms with Gasteiger partial charge < -0.3 is 15.0 Å². The molecule has 0 bridgehead atoms. The van der Waals surface area contributed by atoms with Crippen LogP contribution in [0.25, 0.3) is 0 Å². The van der Waals surface area contributed by atoms with Crippen molar-refractivity contribution in [1.82, 2.24) is 10.2 Å². The topological polar surface area (TPSA) is 41.6 Å². The van der Waals surface area contributed by atoms with Gasteiger partial charge in [0.2, 0.25) is 5.91 Å². The Morgan fingerprint density at radius 2 is 2.11 bits per heavy atom. The third-order valence-corrected chi connectivity index (χ3v) is 5.27. The van der Waals surface area contributed by atoms with Gasteiger partial charge in [0.05, 0.1) is 6.04 Å². The number of ether oxygens (including phenoxy) is 1. The van der Waals surface area contributed by atoms with Crippen LogP contribution in [0.3, 0.4) is 0 Å². The molecular weight excluding hydrogens is 240 g/mol. The number of hydrogen-bond donors (Lipinski definition) is 1. The fourth-order valence-corrected chi connectivity index (χ4v) is 3.85. The smallest absolute Gasteiger partial charge is 0.239 e. The molecule has 3 rings (SSSR count). The van der Waals surface area contributed by atoms with Crippen molar-refractivity contribution < 1.29 is 9.53 Å². The molecule has 0 aromatic heterocycles. The number of rotatable bonds is 1. The molecular formula is C15H26N2O2. The molecule has 3 saturated heterocycles. The molecule has 108 valence electrons. The Labute approximate surface area is 115 Å². The van der Waals surface area contributed by atoms with Crippen molar-refractivity contribution in [1.29, 1.82) is 0 Å². The first-order chi connectivity index (χ1) is 9.19. The molecule has 1 spiro atoms. The number of hydrogen-bond acceptors (Lipinski definition) is 3. The monoisotopic (exact) mass is 266 g/mol. The standard InChI is InChI=1S/C15H26N2O2/c1-12-2-6-16-13(10-12)14(18)17-7-3-15(11-17)4-8-19-9-5-15/h12-13,16H,2-11H2,1H3. The van der Waals surface area contributed by atoms with Gasteiger partial charge in [-0.2, -0.15) is 0 Å². The highest BCUT2D eigenvalue weighted by molar-refractivity contribution is 5.82. The van der Waals surface area contributed by atoms with E-state index in [0.717, 1.165) is 52.1 Å². The van der Waals surface area contributed by atoms with Gasteiger partial charge in [-0.15, -0.1) is 0 Å². The van der Waals surface area contributed by atoms with Gasteiger partial charge in [-0.1, -0.05) is 6.92 Å². The van der Waals surface area contributed by atoms with Crippen LogP contribution in [0.15, 0.2) is 0 Å². The van der Waals surface area contributed by atoms with Crippen LogP contribution in [0.5, 0.6) is 0 Å². The van der Waals surface area contributed by atoms with E-state index in [2.05, 4.69) is 17.1 Å². The number of carbonyl (C=O) groups excluding carboxylic acids is 1. The van der Waals surface area contributed by atoms with Gasteiger partial charge in [0.25, 0.3) is 0 Å². The first kappa shape index (κ1) is 13.4. The second kappa shape index (κ2) is 5.41. The van der Waals surface area contributed by atoms with Gasteiger partial charge in [-0.3, -0.25) is 4.79 Å². The summed E-state index contributed by atoms with van der Waals surface area (Å²) in [6, 6.07) is 0.0683. The summed E-state index contributed by atoms with van der Waals surface area (Å²) >= 11 is 0. The van der Waals surface area contributed by atoms with E-state index >= 15 is 0 Å². The van der Waals surface area contributed by atoms with E-state index in [9.17, 15) is 4.79 Å². The van der Waals surface area contributed by atoms with Gasteiger partial charge in [0.1, 0.15) is 0 Å². The number of carbonyl (C=O) groups is 1.